The van der Waals surface area contributed by atoms with Gasteiger partial charge < -0.3 is 9.05 Å². The van der Waals surface area contributed by atoms with Crippen LogP contribution in [0.1, 0.15) is 93.6 Å². The van der Waals surface area contributed by atoms with Crippen molar-refractivity contribution in [2.45, 2.75) is 82.1 Å². The van der Waals surface area contributed by atoms with Crippen molar-refractivity contribution in [2.75, 3.05) is 13.1 Å². The van der Waals surface area contributed by atoms with E-state index in [9.17, 15) is 0 Å². The van der Waals surface area contributed by atoms with Gasteiger partial charge in [0.25, 0.3) is 0 Å². The van der Waals surface area contributed by atoms with E-state index in [-0.39, 0.29) is 5.41 Å². The summed E-state index contributed by atoms with van der Waals surface area (Å²) < 4.78 is 11.2. The second kappa shape index (κ2) is 6.44. The van der Waals surface area contributed by atoms with Crippen LogP contribution in [0.2, 0.25) is 0 Å². The molecule has 0 bridgehead atoms. The molecule has 3 heterocycles. The van der Waals surface area contributed by atoms with Gasteiger partial charge in [-0.05, 0) is 52.0 Å². The van der Waals surface area contributed by atoms with E-state index in [0.29, 0.717) is 11.8 Å². The second-order valence-corrected chi connectivity index (χ2v) is 8.64. The van der Waals surface area contributed by atoms with Gasteiger partial charge in [0.05, 0.1) is 12.0 Å². The van der Waals surface area contributed by atoms with Crippen LogP contribution in [0, 0.1) is 0 Å². The Morgan fingerprint density at radius 3 is 2.65 bits per heavy atom. The van der Waals surface area contributed by atoms with Crippen molar-refractivity contribution in [1.82, 2.24) is 25.2 Å². The van der Waals surface area contributed by atoms with Gasteiger partial charge in [-0.3, -0.25) is 4.90 Å². The van der Waals surface area contributed by atoms with E-state index >= 15 is 0 Å². The molecule has 5 rings (SSSR count). The minimum absolute atomic E-state index is 0.0869. The Morgan fingerprint density at radius 2 is 1.85 bits per heavy atom. The van der Waals surface area contributed by atoms with Crippen LogP contribution in [0.5, 0.6) is 0 Å². The Bertz CT molecular complexity index is 762. The van der Waals surface area contributed by atoms with Gasteiger partial charge in [0.1, 0.15) is 0 Å². The molecule has 7 nitrogen and oxygen atoms in total. The maximum atomic E-state index is 5.64. The second-order valence-electron chi connectivity index (χ2n) is 8.64. The van der Waals surface area contributed by atoms with E-state index in [1.807, 2.05) is 0 Å². The summed E-state index contributed by atoms with van der Waals surface area (Å²) in [6.45, 7) is 4.91. The molecule has 1 atom stereocenters. The van der Waals surface area contributed by atoms with Gasteiger partial charge in [-0.1, -0.05) is 23.2 Å². The summed E-state index contributed by atoms with van der Waals surface area (Å²) in [5.74, 6) is 4.34. The van der Waals surface area contributed by atoms with Gasteiger partial charge in [0, 0.05) is 18.4 Å². The molecule has 0 spiro atoms. The van der Waals surface area contributed by atoms with Crippen LogP contribution >= 0.6 is 0 Å². The molecule has 3 fully saturated rings. The number of nitrogens with zero attached hydrogens (tertiary/aromatic N) is 5. The van der Waals surface area contributed by atoms with Crippen LogP contribution in [-0.2, 0) is 12.0 Å². The van der Waals surface area contributed by atoms with Crippen molar-refractivity contribution >= 4 is 0 Å². The topological polar surface area (TPSA) is 81.1 Å². The van der Waals surface area contributed by atoms with Crippen LogP contribution in [0.4, 0.5) is 0 Å². The molecule has 1 saturated heterocycles. The first-order valence-corrected chi connectivity index (χ1v) is 10.1. The monoisotopic (exact) mass is 357 g/mol. The molecule has 2 aliphatic carbocycles. The molecular formula is C19H27N5O2. The maximum Gasteiger partial charge on any atom is 0.233 e. The van der Waals surface area contributed by atoms with Crippen LogP contribution < -0.4 is 0 Å². The third kappa shape index (κ3) is 3.17. The third-order valence-corrected chi connectivity index (χ3v) is 6.23. The van der Waals surface area contributed by atoms with Crippen molar-refractivity contribution in [3.05, 3.63) is 23.4 Å². The zero-order valence-corrected chi connectivity index (χ0v) is 15.5. The molecule has 26 heavy (non-hydrogen) atoms. The number of piperidine rings is 1. The van der Waals surface area contributed by atoms with Crippen LogP contribution in [0.3, 0.4) is 0 Å². The van der Waals surface area contributed by atoms with Crippen LogP contribution in [0.15, 0.2) is 9.05 Å². The number of rotatable bonds is 5. The molecule has 7 heteroatoms. The Balaban J connectivity index is 1.26. The predicted molar refractivity (Wildman–Crippen MR) is 93.6 cm³/mol. The van der Waals surface area contributed by atoms with Gasteiger partial charge in [0.2, 0.25) is 11.8 Å². The van der Waals surface area contributed by atoms with Crippen molar-refractivity contribution in [1.29, 1.82) is 0 Å². The molecule has 3 aliphatic rings. The van der Waals surface area contributed by atoms with Crippen LogP contribution in [0.25, 0.3) is 0 Å². The lowest BCUT2D eigenvalue weighted by Crippen LogP contribution is -2.44. The Hall–Kier alpha value is -1.76. The molecule has 2 aromatic rings. The zero-order valence-electron chi connectivity index (χ0n) is 15.5. The minimum atomic E-state index is -0.0869. The molecular weight excluding hydrogens is 330 g/mol. The van der Waals surface area contributed by atoms with Crippen molar-refractivity contribution in [3.63, 3.8) is 0 Å². The lowest BCUT2D eigenvalue weighted by Gasteiger charge is -2.37. The first kappa shape index (κ1) is 16.4. The van der Waals surface area contributed by atoms with Gasteiger partial charge >= 0.3 is 0 Å². The lowest BCUT2D eigenvalue weighted by molar-refractivity contribution is 0.121. The normalized spacial score (nSPS) is 28.0. The maximum absolute atomic E-state index is 5.64. The van der Waals surface area contributed by atoms with Gasteiger partial charge in [-0.2, -0.15) is 9.97 Å². The fourth-order valence-corrected chi connectivity index (χ4v) is 4.51. The van der Waals surface area contributed by atoms with E-state index in [2.05, 4.69) is 27.1 Å². The Kier molecular flexibility index (Phi) is 4.07. The van der Waals surface area contributed by atoms with E-state index in [0.717, 1.165) is 55.9 Å². The summed E-state index contributed by atoms with van der Waals surface area (Å²) >= 11 is 0. The number of hydrogen-bond acceptors (Lipinski definition) is 7. The first-order chi connectivity index (χ1) is 12.7. The fourth-order valence-electron chi connectivity index (χ4n) is 4.51. The molecule has 0 unspecified atom stereocenters. The summed E-state index contributed by atoms with van der Waals surface area (Å²) in [4.78, 5) is 11.8. The molecule has 0 aromatic carbocycles. The van der Waals surface area contributed by atoms with Crippen LogP contribution in [-0.4, -0.2) is 38.3 Å². The standard InChI is InChI=1S/C19H27N5O2/c1-19(18-21-16(23-26-18)13-7-8-13)9-4-10-24(12-19)11-15-20-17(25-22-15)14-5-2-3-6-14/h13-14H,2-12H2,1H3/t19-/m1/s1. The summed E-state index contributed by atoms with van der Waals surface area (Å²) in [6.07, 6.45) is 9.51. The molecule has 0 amide bonds. The summed E-state index contributed by atoms with van der Waals surface area (Å²) in [5, 5.41) is 8.44. The Labute approximate surface area is 153 Å². The molecule has 2 saturated carbocycles. The minimum Gasteiger partial charge on any atom is -0.339 e. The lowest BCUT2D eigenvalue weighted by atomic mass is 9.81. The van der Waals surface area contributed by atoms with E-state index in [4.69, 9.17) is 14.0 Å². The highest BCUT2D eigenvalue weighted by molar-refractivity contribution is 5.11. The third-order valence-electron chi connectivity index (χ3n) is 6.23. The highest BCUT2D eigenvalue weighted by Crippen LogP contribution is 2.40. The average Bonchev–Trinajstić information content (AvgIpc) is 3.09. The Morgan fingerprint density at radius 1 is 1.00 bits per heavy atom. The summed E-state index contributed by atoms with van der Waals surface area (Å²) in [5.41, 5.74) is -0.0869. The van der Waals surface area contributed by atoms with E-state index in [1.54, 1.807) is 0 Å². The number of aromatic nitrogens is 4. The summed E-state index contributed by atoms with van der Waals surface area (Å²) in [7, 11) is 0. The predicted octanol–water partition coefficient (Wildman–Crippen LogP) is 3.54. The average molecular weight is 357 g/mol. The molecule has 2 aromatic heterocycles. The van der Waals surface area contributed by atoms with Crippen molar-refractivity contribution < 1.29 is 9.05 Å². The molecule has 0 N–H and O–H groups in total. The molecule has 1 aliphatic heterocycles. The molecule has 0 radical (unpaired) electrons. The fraction of sp³-hybridized carbons (Fsp3) is 0.789. The highest BCUT2D eigenvalue weighted by Gasteiger charge is 2.39. The first-order valence-electron chi connectivity index (χ1n) is 10.1. The van der Waals surface area contributed by atoms with Gasteiger partial charge in [0.15, 0.2) is 11.6 Å². The van der Waals surface area contributed by atoms with Crippen molar-refractivity contribution in [3.8, 4) is 0 Å². The highest BCUT2D eigenvalue weighted by atomic mass is 16.5. The smallest absolute Gasteiger partial charge is 0.233 e. The SMILES string of the molecule is C[C@@]1(c2nc(C3CC3)no2)CCCN(Cc2noc(C3CCCC3)n2)C1. The number of likely N-dealkylation sites (tertiary alicyclic amines) is 1. The largest absolute Gasteiger partial charge is 0.339 e. The molecule has 140 valence electrons. The summed E-state index contributed by atoms with van der Waals surface area (Å²) in [6, 6.07) is 0. The van der Waals surface area contributed by atoms with E-state index < -0.39 is 0 Å². The van der Waals surface area contributed by atoms with Crippen molar-refractivity contribution in [2.24, 2.45) is 0 Å². The van der Waals surface area contributed by atoms with E-state index in [1.165, 1.54) is 38.5 Å². The van der Waals surface area contributed by atoms with Gasteiger partial charge in [-0.25, -0.2) is 0 Å². The quantitative estimate of drug-likeness (QED) is 0.809. The van der Waals surface area contributed by atoms with Gasteiger partial charge in [-0.15, -0.1) is 0 Å². The number of hydrogen-bond donors (Lipinski definition) is 0. The zero-order chi connectivity index (χ0) is 17.6.